The lowest BCUT2D eigenvalue weighted by atomic mass is 9.94. The van der Waals surface area contributed by atoms with E-state index in [1.165, 1.54) is 186 Å². The standard InChI is InChI=1S/C44H89NO5/c1-4-7-10-13-15-16-18-23-30-37-43(49-44(46)42(35-28-12-9-6-3)36-29-22-14-11-8-5-2)38-31-24-19-17-20-25-32-39-45-40-33-26-21-27-34-41-48-50-47/h42-43,45,47H,4-41H2,1-3H3. The zero-order valence-electron chi connectivity index (χ0n) is 34.1. The molecule has 0 aromatic heterocycles. The normalized spacial score (nSPS) is 12.8. The van der Waals surface area contributed by atoms with E-state index in [-0.39, 0.29) is 18.0 Å². The summed E-state index contributed by atoms with van der Waals surface area (Å²) in [6.45, 7) is 9.53. The summed E-state index contributed by atoms with van der Waals surface area (Å²) in [6, 6.07) is 0. The molecule has 50 heavy (non-hydrogen) atoms. The van der Waals surface area contributed by atoms with Crippen LogP contribution in [0.25, 0.3) is 0 Å². The molecular weight excluding hydrogens is 622 g/mol. The highest BCUT2D eigenvalue weighted by molar-refractivity contribution is 5.72. The van der Waals surface area contributed by atoms with E-state index in [4.69, 9.17) is 9.99 Å². The Morgan fingerprint density at radius 1 is 0.460 bits per heavy atom. The predicted octanol–water partition coefficient (Wildman–Crippen LogP) is 14.2. The fraction of sp³-hybridized carbons (Fsp3) is 0.977. The zero-order chi connectivity index (χ0) is 36.4. The quantitative estimate of drug-likeness (QED) is 0.0284. The maximum Gasteiger partial charge on any atom is 0.309 e. The molecule has 0 amide bonds. The second-order valence-electron chi connectivity index (χ2n) is 15.5. The van der Waals surface area contributed by atoms with Gasteiger partial charge in [-0.1, -0.05) is 193 Å². The molecule has 0 aromatic rings. The number of hydrogen-bond acceptors (Lipinski definition) is 6. The van der Waals surface area contributed by atoms with Crippen molar-refractivity contribution in [3.8, 4) is 0 Å². The molecule has 0 fully saturated rings. The largest absolute Gasteiger partial charge is 0.462 e. The minimum atomic E-state index is 0.109. The van der Waals surface area contributed by atoms with E-state index in [0.717, 1.165) is 51.6 Å². The molecule has 2 N–H and O–H groups in total. The SMILES string of the molecule is CCCCCCCCCCCC(CCCCCCCCCNCCCCCCCOOO)OC(=O)C(CCCCCC)CCCCCCCC. The maximum absolute atomic E-state index is 13.6. The van der Waals surface area contributed by atoms with Crippen LogP contribution in [0.1, 0.15) is 245 Å². The third kappa shape index (κ3) is 37.1. The molecule has 0 heterocycles. The van der Waals surface area contributed by atoms with Gasteiger partial charge in [-0.2, -0.15) is 0 Å². The Hall–Kier alpha value is -0.690. The number of esters is 1. The van der Waals surface area contributed by atoms with E-state index in [0.29, 0.717) is 6.61 Å². The topological polar surface area (TPSA) is 77.0 Å². The van der Waals surface area contributed by atoms with Gasteiger partial charge < -0.3 is 10.1 Å². The first-order valence-electron chi connectivity index (χ1n) is 22.5. The molecule has 2 unspecified atom stereocenters. The monoisotopic (exact) mass is 712 g/mol. The van der Waals surface area contributed by atoms with E-state index in [9.17, 15) is 4.79 Å². The van der Waals surface area contributed by atoms with Crippen molar-refractivity contribution >= 4 is 5.97 Å². The molecule has 2 atom stereocenters. The van der Waals surface area contributed by atoms with Crippen molar-refractivity contribution in [3.63, 3.8) is 0 Å². The Bertz CT molecular complexity index is 648. The fourth-order valence-corrected chi connectivity index (χ4v) is 7.18. The lowest BCUT2D eigenvalue weighted by Gasteiger charge is -2.22. The number of rotatable bonds is 43. The third-order valence-corrected chi connectivity index (χ3v) is 10.6. The maximum atomic E-state index is 13.6. The predicted molar refractivity (Wildman–Crippen MR) is 215 cm³/mol. The average Bonchev–Trinajstić information content (AvgIpc) is 3.12. The van der Waals surface area contributed by atoms with Crippen LogP contribution < -0.4 is 5.32 Å². The molecule has 0 aliphatic rings. The lowest BCUT2D eigenvalue weighted by molar-refractivity contribution is -0.490. The number of hydrogen-bond donors (Lipinski definition) is 2. The summed E-state index contributed by atoms with van der Waals surface area (Å²) in [5.74, 6) is 0.238. The van der Waals surface area contributed by atoms with Gasteiger partial charge in [0.25, 0.3) is 0 Å². The van der Waals surface area contributed by atoms with Crippen LogP contribution in [-0.2, 0) is 19.5 Å². The molecule has 6 heteroatoms. The first-order chi connectivity index (χ1) is 24.7. The summed E-state index contributed by atoms with van der Waals surface area (Å²) < 4.78 is 6.41. The van der Waals surface area contributed by atoms with Crippen molar-refractivity contribution < 1.29 is 24.7 Å². The van der Waals surface area contributed by atoms with Crippen molar-refractivity contribution in [1.29, 1.82) is 0 Å². The van der Waals surface area contributed by atoms with Gasteiger partial charge in [0.1, 0.15) is 6.10 Å². The molecule has 0 aliphatic carbocycles. The average molecular weight is 712 g/mol. The van der Waals surface area contributed by atoms with Gasteiger partial charge in [-0.05, 0) is 70.9 Å². The van der Waals surface area contributed by atoms with Crippen LogP contribution in [0.5, 0.6) is 0 Å². The highest BCUT2D eigenvalue weighted by Crippen LogP contribution is 2.24. The van der Waals surface area contributed by atoms with Gasteiger partial charge in [-0.3, -0.25) is 4.79 Å². The minimum Gasteiger partial charge on any atom is -0.462 e. The van der Waals surface area contributed by atoms with Gasteiger partial charge in [0.05, 0.1) is 12.5 Å². The van der Waals surface area contributed by atoms with Gasteiger partial charge in [0.15, 0.2) is 0 Å². The lowest BCUT2D eigenvalue weighted by Crippen LogP contribution is -2.25. The number of ether oxygens (including phenoxy) is 1. The molecule has 0 spiro atoms. The molecule has 300 valence electrons. The number of unbranched alkanes of at least 4 members (excludes halogenated alkanes) is 26. The minimum absolute atomic E-state index is 0.109. The summed E-state index contributed by atoms with van der Waals surface area (Å²) in [6.07, 6.45) is 43.7. The Morgan fingerprint density at radius 2 is 0.800 bits per heavy atom. The molecule has 0 radical (unpaired) electrons. The first kappa shape index (κ1) is 49.3. The van der Waals surface area contributed by atoms with Gasteiger partial charge in [-0.25, -0.2) is 10.1 Å². The van der Waals surface area contributed by atoms with Gasteiger partial charge in [0.2, 0.25) is 0 Å². The van der Waals surface area contributed by atoms with Crippen LogP contribution in [0.2, 0.25) is 0 Å². The Balaban J connectivity index is 4.43. The number of carbonyl (C=O) groups is 1. The van der Waals surface area contributed by atoms with Crippen LogP contribution in [0.4, 0.5) is 0 Å². The van der Waals surface area contributed by atoms with Crippen molar-refractivity contribution in [2.24, 2.45) is 5.92 Å². The van der Waals surface area contributed by atoms with Crippen molar-refractivity contribution in [2.45, 2.75) is 252 Å². The second kappa shape index (κ2) is 42.7. The molecule has 6 nitrogen and oxygen atoms in total. The Kier molecular flexibility index (Phi) is 42.1. The Morgan fingerprint density at radius 3 is 1.22 bits per heavy atom. The molecular formula is C44H89NO5. The highest BCUT2D eigenvalue weighted by atomic mass is 17.5. The first-order valence-corrected chi connectivity index (χ1v) is 22.5. The molecule has 0 saturated carbocycles. The molecule has 0 aromatic carbocycles. The molecule has 0 saturated heterocycles. The molecule has 0 rings (SSSR count). The fourth-order valence-electron chi connectivity index (χ4n) is 7.18. The second-order valence-corrected chi connectivity index (χ2v) is 15.5. The van der Waals surface area contributed by atoms with Crippen LogP contribution in [0.3, 0.4) is 0 Å². The third-order valence-electron chi connectivity index (χ3n) is 10.6. The summed E-state index contributed by atoms with van der Waals surface area (Å²) in [5, 5.41) is 15.4. The smallest absolute Gasteiger partial charge is 0.309 e. The van der Waals surface area contributed by atoms with Crippen molar-refractivity contribution in [3.05, 3.63) is 0 Å². The van der Waals surface area contributed by atoms with Gasteiger partial charge >= 0.3 is 5.97 Å². The van der Waals surface area contributed by atoms with Crippen LogP contribution in [-0.4, -0.2) is 37.0 Å². The zero-order valence-corrected chi connectivity index (χ0v) is 34.1. The Labute approximate surface area is 312 Å². The number of nitrogens with one attached hydrogen (secondary N) is 1. The van der Waals surface area contributed by atoms with Gasteiger partial charge in [-0.15, -0.1) is 0 Å². The summed E-state index contributed by atoms with van der Waals surface area (Å²) >= 11 is 0. The van der Waals surface area contributed by atoms with Gasteiger partial charge in [0, 0.05) is 0 Å². The van der Waals surface area contributed by atoms with E-state index in [1.54, 1.807) is 0 Å². The van der Waals surface area contributed by atoms with E-state index in [1.807, 2.05) is 0 Å². The highest BCUT2D eigenvalue weighted by Gasteiger charge is 2.23. The summed E-state index contributed by atoms with van der Waals surface area (Å²) in [4.78, 5) is 18.1. The molecule has 0 bridgehead atoms. The van der Waals surface area contributed by atoms with E-state index < -0.39 is 0 Å². The molecule has 0 aliphatic heterocycles. The summed E-state index contributed by atoms with van der Waals surface area (Å²) in [5.41, 5.74) is 0. The van der Waals surface area contributed by atoms with Crippen molar-refractivity contribution in [1.82, 2.24) is 5.32 Å². The van der Waals surface area contributed by atoms with Crippen LogP contribution >= 0.6 is 0 Å². The van der Waals surface area contributed by atoms with Crippen LogP contribution in [0.15, 0.2) is 0 Å². The van der Waals surface area contributed by atoms with Crippen molar-refractivity contribution in [2.75, 3.05) is 19.7 Å². The van der Waals surface area contributed by atoms with E-state index >= 15 is 0 Å². The van der Waals surface area contributed by atoms with Crippen LogP contribution in [0, 0.1) is 5.92 Å². The van der Waals surface area contributed by atoms with E-state index in [2.05, 4.69) is 36.0 Å². The number of carbonyl (C=O) groups excluding carboxylic acids is 1. The summed E-state index contributed by atoms with van der Waals surface area (Å²) in [7, 11) is 0.